The molecule has 0 aromatic carbocycles. The summed E-state index contributed by atoms with van der Waals surface area (Å²) in [6.45, 7) is 5.06. The Hall–Kier alpha value is -1.63. The summed E-state index contributed by atoms with van der Waals surface area (Å²) in [6, 6.07) is 0. The highest BCUT2D eigenvalue weighted by molar-refractivity contribution is 5.86. The van der Waals surface area contributed by atoms with E-state index in [0.717, 1.165) is 51.9 Å². The van der Waals surface area contributed by atoms with Crippen LogP contribution in [0.3, 0.4) is 0 Å². The van der Waals surface area contributed by atoms with Crippen LogP contribution in [0.5, 0.6) is 0 Å². The number of hydrogen-bond acceptors (Lipinski definition) is 4. The molecule has 0 aliphatic carbocycles. The van der Waals surface area contributed by atoms with E-state index < -0.39 is 0 Å². The van der Waals surface area contributed by atoms with E-state index in [0.29, 0.717) is 25.5 Å². The minimum atomic E-state index is -0.0829. The summed E-state index contributed by atoms with van der Waals surface area (Å²) >= 11 is 0. The van der Waals surface area contributed by atoms with Gasteiger partial charge in [0.05, 0.1) is 13.1 Å². The second-order valence-corrected chi connectivity index (χ2v) is 7.10. The van der Waals surface area contributed by atoms with Crippen molar-refractivity contribution < 1.29 is 14.4 Å². The maximum absolute atomic E-state index is 12.6. The van der Waals surface area contributed by atoms with Gasteiger partial charge in [-0.25, -0.2) is 0 Å². The van der Waals surface area contributed by atoms with Crippen molar-refractivity contribution in [2.24, 2.45) is 5.92 Å². The van der Waals surface area contributed by atoms with E-state index in [4.69, 9.17) is 0 Å². The second-order valence-electron chi connectivity index (χ2n) is 7.10. The van der Waals surface area contributed by atoms with Gasteiger partial charge in [0.1, 0.15) is 0 Å². The van der Waals surface area contributed by atoms with Gasteiger partial charge in [0, 0.05) is 32.1 Å². The van der Waals surface area contributed by atoms with Crippen LogP contribution in [0, 0.1) is 5.92 Å². The molecule has 7 nitrogen and oxygen atoms in total. The molecule has 3 saturated heterocycles. The van der Waals surface area contributed by atoms with E-state index in [1.165, 1.54) is 6.42 Å². The summed E-state index contributed by atoms with van der Waals surface area (Å²) < 4.78 is 0. The third-order valence-electron chi connectivity index (χ3n) is 5.35. The van der Waals surface area contributed by atoms with Crippen molar-refractivity contribution in [3.05, 3.63) is 0 Å². The van der Waals surface area contributed by atoms with Crippen LogP contribution in [0.2, 0.25) is 0 Å². The first-order chi connectivity index (χ1) is 11.6. The number of rotatable bonds is 3. The van der Waals surface area contributed by atoms with Crippen LogP contribution in [0.4, 0.5) is 0 Å². The van der Waals surface area contributed by atoms with Crippen molar-refractivity contribution in [1.29, 1.82) is 0 Å². The molecule has 0 radical (unpaired) electrons. The molecule has 0 aromatic rings. The number of carbonyl (C=O) groups is 3. The molecule has 0 atom stereocenters. The summed E-state index contributed by atoms with van der Waals surface area (Å²) in [7, 11) is 0. The molecule has 3 amide bonds. The number of nitrogens with one attached hydrogen (secondary N) is 1. The van der Waals surface area contributed by atoms with E-state index in [9.17, 15) is 14.4 Å². The lowest BCUT2D eigenvalue weighted by Gasteiger charge is -2.36. The van der Waals surface area contributed by atoms with Crippen molar-refractivity contribution in [2.45, 2.75) is 32.1 Å². The molecule has 7 heteroatoms. The van der Waals surface area contributed by atoms with Gasteiger partial charge in [0.2, 0.25) is 17.7 Å². The SMILES string of the molecule is O=C1CN(C(=O)CN2CCC(C(=O)N3CCCCC3)CC2)CCN1. The van der Waals surface area contributed by atoms with Crippen LogP contribution in [0.25, 0.3) is 0 Å². The smallest absolute Gasteiger partial charge is 0.239 e. The third kappa shape index (κ3) is 4.26. The first-order valence-electron chi connectivity index (χ1n) is 9.19. The van der Waals surface area contributed by atoms with E-state index in [2.05, 4.69) is 10.2 Å². The molecular weight excluding hydrogens is 308 g/mol. The number of likely N-dealkylation sites (tertiary alicyclic amines) is 2. The highest BCUT2D eigenvalue weighted by Crippen LogP contribution is 2.21. The van der Waals surface area contributed by atoms with Crippen molar-refractivity contribution >= 4 is 17.7 Å². The number of amides is 3. The Morgan fingerprint density at radius 1 is 0.958 bits per heavy atom. The number of nitrogens with zero attached hydrogens (tertiary/aromatic N) is 3. The van der Waals surface area contributed by atoms with E-state index >= 15 is 0 Å². The van der Waals surface area contributed by atoms with E-state index in [1.807, 2.05) is 4.90 Å². The van der Waals surface area contributed by atoms with Crippen molar-refractivity contribution in [3.63, 3.8) is 0 Å². The predicted molar refractivity (Wildman–Crippen MR) is 89.2 cm³/mol. The maximum Gasteiger partial charge on any atom is 0.239 e. The fraction of sp³-hybridized carbons (Fsp3) is 0.824. The summed E-state index contributed by atoms with van der Waals surface area (Å²) in [5.41, 5.74) is 0. The van der Waals surface area contributed by atoms with Crippen LogP contribution in [-0.4, -0.2) is 84.8 Å². The van der Waals surface area contributed by atoms with E-state index in [-0.39, 0.29) is 24.3 Å². The Kier molecular flexibility index (Phi) is 5.71. The van der Waals surface area contributed by atoms with E-state index in [1.54, 1.807) is 4.90 Å². The Bertz CT molecular complexity index is 482. The zero-order valence-electron chi connectivity index (χ0n) is 14.3. The maximum atomic E-state index is 12.6. The monoisotopic (exact) mass is 336 g/mol. The lowest BCUT2D eigenvalue weighted by Crippen LogP contribution is -2.53. The van der Waals surface area contributed by atoms with Gasteiger partial charge in [-0.2, -0.15) is 0 Å². The number of hydrogen-bond donors (Lipinski definition) is 1. The highest BCUT2D eigenvalue weighted by Gasteiger charge is 2.30. The summed E-state index contributed by atoms with van der Waals surface area (Å²) in [4.78, 5) is 42.0. The minimum Gasteiger partial charge on any atom is -0.353 e. The van der Waals surface area contributed by atoms with Crippen LogP contribution in [0.1, 0.15) is 32.1 Å². The predicted octanol–water partition coefficient (Wildman–Crippen LogP) is -0.331. The van der Waals surface area contributed by atoms with Crippen LogP contribution < -0.4 is 5.32 Å². The first-order valence-corrected chi connectivity index (χ1v) is 9.19. The molecule has 0 unspecified atom stereocenters. The normalized spacial score (nSPS) is 23.9. The summed E-state index contributed by atoms with van der Waals surface area (Å²) in [5.74, 6) is 0.370. The first kappa shape index (κ1) is 17.2. The summed E-state index contributed by atoms with van der Waals surface area (Å²) in [5, 5.41) is 2.73. The molecule has 24 heavy (non-hydrogen) atoms. The Morgan fingerprint density at radius 3 is 2.33 bits per heavy atom. The topological polar surface area (TPSA) is 73.0 Å². The van der Waals surface area contributed by atoms with Crippen molar-refractivity contribution in [2.75, 3.05) is 52.4 Å². The molecule has 0 saturated carbocycles. The molecule has 3 heterocycles. The van der Waals surface area contributed by atoms with Crippen molar-refractivity contribution in [1.82, 2.24) is 20.0 Å². The second kappa shape index (κ2) is 7.96. The molecule has 0 bridgehead atoms. The zero-order chi connectivity index (χ0) is 16.9. The lowest BCUT2D eigenvalue weighted by atomic mass is 9.94. The highest BCUT2D eigenvalue weighted by atomic mass is 16.2. The number of carbonyl (C=O) groups excluding carboxylic acids is 3. The average Bonchev–Trinajstić information content (AvgIpc) is 2.62. The average molecular weight is 336 g/mol. The van der Waals surface area contributed by atoms with Gasteiger partial charge in [0.15, 0.2) is 0 Å². The van der Waals surface area contributed by atoms with Gasteiger partial charge in [-0.15, -0.1) is 0 Å². The summed E-state index contributed by atoms with van der Waals surface area (Å²) in [6.07, 6.45) is 5.16. The van der Waals surface area contributed by atoms with Gasteiger partial charge in [-0.05, 0) is 45.2 Å². The molecular formula is C17H28N4O3. The largest absolute Gasteiger partial charge is 0.353 e. The number of piperazine rings is 1. The number of piperidine rings is 2. The molecule has 3 aliphatic rings. The molecule has 134 valence electrons. The van der Waals surface area contributed by atoms with Gasteiger partial charge in [0.25, 0.3) is 0 Å². The Labute approximate surface area is 143 Å². The zero-order valence-corrected chi connectivity index (χ0v) is 14.3. The fourth-order valence-corrected chi connectivity index (χ4v) is 3.85. The molecule has 3 rings (SSSR count). The van der Waals surface area contributed by atoms with Crippen LogP contribution in [0.15, 0.2) is 0 Å². The Balaban J connectivity index is 1.42. The quantitative estimate of drug-likeness (QED) is 0.766. The van der Waals surface area contributed by atoms with Gasteiger partial charge >= 0.3 is 0 Å². The van der Waals surface area contributed by atoms with Crippen molar-refractivity contribution in [3.8, 4) is 0 Å². The molecule has 3 aliphatic heterocycles. The molecule has 0 aromatic heterocycles. The fourth-order valence-electron chi connectivity index (χ4n) is 3.85. The molecule has 3 fully saturated rings. The lowest BCUT2D eigenvalue weighted by molar-refractivity contribution is -0.140. The molecule has 0 spiro atoms. The van der Waals surface area contributed by atoms with Gasteiger partial charge in [-0.3, -0.25) is 19.3 Å². The van der Waals surface area contributed by atoms with Crippen LogP contribution >= 0.6 is 0 Å². The van der Waals surface area contributed by atoms with Gasteiger partial charge < -0.3 is 15.1 Å². The van der Waals surface area contributed by atoms with Gasteiger partial charge in [-0.1, -0.05) is 0 Å². The molecule has 1 N–H and O–H groups in total. The van der Waals surface area contributed by atoms with Crippen LogP contribution in [-0.2, 0) is 14.4 Å². The standard InChI is InChI=1S/C17H28N4O3/c22-15-12-21(11-6-18-15)16(23)13-19-9-4-14(5-10-19)17(24)20-7-2-1-3-8-20/h14H,1-13H2,(H,18,22). The minimum absolute atomic E-state index is 0.0191. The third-order valence-corrected chi connectivity index (χ3v) is 5.35. The Morgan fingerprint density at radius 2 is 1.67 bits per heavy atom.